The average molecular weight is 274 g/mol. The maximum atomic E-state index is 12.4. The molecule has 1 saturated heterocycles. The Kier molecular flexibility index (Phi) is 3.56. The summed E-state index contributed by atoms with van der Waals surface area (Å²) in [6.45, 7) is 5.30. The Bertz CT molecular complexity index is 550. The highest BCUT2D eigenvalue weighted by molar-refractivity contribution is 5.93. The predicted molar refractivity (Wildman–Crippen MR) is 73.2 cm³/mol. The number of nitrogens with one attached hydrogen (secondary N) is 1. The monoisotopic (exact) mass is 274 g/mol. The van der Waals surface area contributed by atoms with Crippen LogP contribution >= 0.6 is 0 Å². The summed E-state index contributed by atoms with van der Waals surface area (Å²) in [4.78, 5) is 24.1. The maximum Gasteiger partial charge on any atom is 0.257 e. The summed E-state index contributed by atoms with van der Waals surface area (Å²) in [5.74, 6) is 0.933. The standard InChI is InChI=1S/C14H18N4O2/c1-2-17-6-7-18(14(19)11-3-8-20-10-11)9-12(17)13-15-4-5-16-13/h3-5,8,10,12H,2,6-7,9H2,1H3,(H,15,16)/t12-/m0/s1. The first-order valence-corrected chi connectivity index (χ1v) is 6.84. The Labute approximate surface area is 117 Å². The molecular formula is C14H18N4O2. The second kappa shape index (κ2) is 5.50. The van der Waals surface area contributed by atoms with Gasteiger partial charge in [-0.25, -0.2) is 4.98 Å². The molecule has 1 fully saturated rings. The number of carbonyl (C=O) groups is 1. The van der Waals surface area contributed by atoms with E-state index in [9.17, 15) is 4.79 Å². The fraction of sp³-hybridized carbons (Fsp3) is 0.429. The molecular weight excluding hydrogens is 256 g/mol. The molecule has 1 N–H and O–H groups in total. The molecule has 1 amide bonds. The Morgan fingerprint density at radius 2 is 2.45 bits per heavy atom. The van der Waals surface area contributed by atoms with E-state index in [1.165, 1.54) is 12.5 Å². The Balaban J connectivity index is 1.78. The smallest absolute Gasteiger partial charge is 0.257 e. The van der Waals surface area contributed by atoms with Crippen molar-refractivity contribution in [1.82, 2.24) is 19.8 Å². The van der Waals surface area contributed by atoms with E-state index in [1.807, 2.05) is 11.1 Å². The highest BCUT2D eigenvalue weighted by atomic mass is 16.3. The third-order valence-corrected chi connectivity index (χ3v) is 3.79. The van der Waals surface area contributed by atoms with E-state index in [-0.39, 0.29) is 11.9 Å². The fourth-order valence-corrected chi connectivity index (χ4v) is 2.67. The molecule has 2 aromatic rings. The summed E-state index contributed by atoms with van der Waals surface area (Å²) in [6.07, 6.45) is 6.59. The van der Waals surface area contributed by atoms with Crippen LogP contribution in [0.3, 0.4) is 0 Å². The molecule has 106 valence electrons. The molecule has 0 aliphatic carbocycles. The van der Waals surface area contributed by atoms with Crippen LogP contribution in [0.2, 0.25) is 0 Å². The summed E-state index contributed by atoms with van der Waals surface area (Å²) in [7, 11) is 0. The number of likely N-dealkylation sites (N-methyl/N-ethyl adjacent to an activating group) is 1. The third-order valence-electron chi connectivity index (χ3n) is 3.79. The van der Waals surface area contributed by atoms with Crippen LogP contribution in [0.1, 0.15) is 29.1 Å². The maximum absolute atomic E-state index is 12.4. The molecule has 6 nitrogen and oxygen atoms in total. The van der Waals surface area contributed by atoms with Crippen molar-refractivity contribution in [1.29, 1.82) is 0 Å². The van der Waals surface area contributed by atoms with Crippen LogP contribution in [0.5, 0.6) is 0 Å². The Hall–Kier alpha value is -2.08. The predicted octanol–water partition coefficient (Wildman–Crippen LogP) is 1.52. The number of hydrogen-bond acceptors (Lipinski definition) is 4. The fourth-order valence-electron chi connectivity index (χ4n) is 2.67. The highest BCUT2D eigenvalue weighted by Crippen LogP contribution is 2.23. The van der Waals surface area contributed by atoms with Crippen LogP contribution in [0, 0.1) is 0 Å². The molecule has 3 rings (SSSR count). The van der Waals surface area contributed by atoms with Crippen molar-refractivity contribution < 1.29 is 9.21 Å². The number of piperazine rings is 1. The highest BCUT2D eigenvalue weighted by Gasteiger charge is 2.31. The molecule has 1 atom stereocenters. The number of aromatic amines is 1. The summed E-state index contributed by atoms with van der Waals surface area (Å²) >= 11 is 0. The summed E-state index contributed by atoms with van der Waals surface area (Å²) in [6, 6.07) is 1.83. The minimum absolute atomic E-state index is 0.0195. The largest absolute Gasteiger partial charge is 0.472 e. The summed E-state index contributed by atoms with van der Waals surface area (Å²) in [5, 5.41) is 0. The molecule has 6 heteroatoms. The molecule has 0 saturated carbocycles. The SMILES string of the molecule is CCN1CCN(C(=O)c2ccoc2)C[C@H]1c1ncc[nH]1. The summed E-state index contributed by atoms with van der Waals surface area (Å²) < 4.78 is 4.99. The quantitative estimate of drug-likeness (QED) is 0.921. The number of carbonyl (C=O) groups excluding carboxylic acids is 1. The molecule has 0 bridgehead atoms. The number of H-pyrrole nitrogens is 1. The lowest BCUT2D eigenvalue weighted by molar-refractivity contribution is 0.0479. The Morgan fingerprint density at radius 3 is 3.10 bits per heavy atom. The first kappa shape index (κ1) is 12.9. The van der Waals surface area contributed by atoms with Crippen LogP contribution in [0.25, 0.3) is 0 Å². The topological polar surface area (TPSA) is 65.4 Å². The van der Waals surface area contributed by atoms with Gasteiger partial charge in [0.25, 0.3) is 5.91 Å². The first-order valence-electron chi connectivity index (χ1n) is 6.84. The van der Waals surface area contributed by atoms with Crippen molar-refractivity contribution in [2.45, 2.75) is 13.0 Å². The molecule has 1 aliphatic heterocycles. The zero-order chi connectivity index (χ0) is 13.9. The van der Waals surface area contributed by atoms with Crippen LogP contribution in [0.15, 0.2) is 35.4 Å². The second-order valence-electron chi connectivity index (χ2n) is 4.88. The molecule has 0 spiro atoms. The van der Waals surface area contributed by atoms with Gasteiger partial charge in [-0.1, -0.05) is 6.92 Å². The average Bonchev–Trinajstić information content (AvgIpc) is 3.18. The number of imidazole rings is 1. The van der Waals surface area contributed by atoms with E-state index in [0.29, 0.717) is 12.1 Å². The minimum atomic E-state index is 0.0195. The van der Waals surface area contributed by atoms with Crippen molar-refractivity contribution >= 4 is 5.91 Å². The van der Waals surface area contributed by atoms with Crippen molar-refractivity contribution in [2.24, 2.45) is 0 Å². The number of hydrogen-bond donors (Lipinski definition) is 1. The van der Waals surface area contributed by atoms with Gasteiger partial charge in [0.05, 0.1) is 17.9 Å². The van der Waals surface area contributed by atoms with Gasteiger partial charge in [-0.15, -0.1) is 0 Å². The number of aromatic nitrogens is 2. The lowest BCUT2D eigenvalue weighted by atomic mass is 10.1. The van der Waals surface area contributed by atoms with E-state index in [4.69, 9.17) is 4.42 Å². The van der Waals surface area contributed by atoms with Crippen molar-refractivity contribution in [2.75, 3.05) is 26.2 Å². The van der Waals surface area contributed by atoms with Gasteiger partial charge in [0, 0.05) is 32.0 Å². The van der Waals surface area contributed by atoms with Crippen molar-refractivity contribution in [3.63, 3.8) is 0 Å². The normalized spacial score (nSPS) is 20.2. The zero-order valence-corrected chi connectivity index (χ0v) is 11.5. The first-order chi connectivity index (χ1) is 9.79. The Morgan fingerprint density at radius 1 is 1.55 bits per heavy atom. The molecule has 0 radical (unpaired) electrons. The third kappa shape index (κ3) is 2.34. The number of rotatable bonds is 3. The molecule has 1 aliphatic rings. The molecule has 20 heavy (non-hydrogen) atoms. The minimum Gasteiger partial charge on any atom is -0.472 e. The van der Waals surface area contributed by atoms with E-state index in [1.54, 1.807) is 12.3 Å². The van der Waals surface area contributed by atoms with Gasteiger partial charge in [-0.2, -0.15) is 0 Å². The lowest BCUT2D eigenvalue weighted by Crippen LogP contribution is -2.50. The van der Waals surface area contributed by atoms with Crippen LogP contribution in [0.4, 0.5) is 0 Å². The van der Waals surface area contributed by atoms with Gasteiger partial charge < -0.3 is 14.3 Å². The van der Waals surface area contributed by atoms with Gasteiger partial charge in [0.2, 0.25) is 0 Å². The number of nitrogens with zero attached hydrogens (tertiary/aromatic N) is 3. The molecule has 3 heterocycles. The van der Waals surface area contributed by atoms with Crippen LogP contribution < -0.4 is 0 Å². The number of amides is 1. The summed E-state index contributed by atoms with van der Waals surface area (Å²) in [5.41, 5.74) is 0.605. The van der Waals surface area contributed by atoms with Crippen LogP contribution in [-0.4, -0.2) is 51.9 Å². The van der Waals surface area contributed by atoms with E-state index >= 15 is 0 Å². The van der Waals surface area contributed by atoms with Crippen molar-refractivity contribution in [3.05, 3.63) is 42.4 Å². The van der Waals surface area contributed by atoms with Crippen LogP contribution in [-0.2, 0) is 0 Å². The van der Waals surface area contributed by atoms with Gasteiger partial charge in [-0.3, -0.25) is 9.69 Å². The van der Waals surface area contributed by atoms with Gasteiger partial charge in [0.1, 0.15) is 12.1 Å². The van der Waals surface area contributed by atoms with E-state index < -0.39 is 0 Å². The number of furan rings is 1. The van der Waals surface area contributed by atoms with E-state index in [0.717, 1.165) is 25.5 Å². The van der Waals surface area contributed by atoms with Crippen molar-refractivity contribution in [3.8, 4) is 0 Å². The van der Waals surface area contributed by atoms with E-state index in [2.05, 4.69) is 21.8 Å². The molecule has 0 unspecified atom stereocenters. The molecule has 0 aromatic carbocycles. The zero-order valence-electron chi connectivity index (χ0n) is 11.5. The van der Waals surface area contributed by atoms with Gasteiger partial charge in [0.15, 0.2) is 0 Å². The lowest BCUT2D eigenvalue weighted by Gasteiger charge is -2.39. The second-order valence-corrected chi connectivity index (χ2v) is 4.88. The van der Waals surface area contributed by atoms with Gasteiger partial charge >= 0.3 is 0 Å². The van der Waals surface area contributed by atoms with Gasteiger partial charge in [-0.05, 0) is 12.6 Å². The molecule has 2 aromatic heterocycles.